The molecule has 2 nitrogen and oxygen atoms in total. The monoisotopic (exact) mass is 243 g/mol. The van der Waals surface area contributed by atoms with E-state index in [9.17, 15) is 0 Å². The highest BCUT2D eigenvalue weighted by Gasteiger charge is 2.21. The normalized spacial score (nSPS) is 17.6. The molecule has 18 heavy (non-hydrogen) atoms. The molecule has 0 saturated carbocycles. The summed E-state index contributed by atoms with van der Waals surface area (Å²) in [6.07, 6.45) is 3.57. The molecule has 96 valence electrons. The van der Waals surface area contributed by atoms with E-state index in [-0.39, 0.29) is 0 Å². The van der Waals surface area contributed by atoms with Gasteiger partial charge in [-0.25, -0.2) is 0 Å². The Balaban J connectivity index is 2.21. The second-order valence-corrected chi connectivity index (χ2v) is 4.54. The van der Waals surface area contributed by atoms with Crippen molar-refractivity contribution in [3.63, 3.8) is 0 Å². The molecule has 0 bridgehead atoms. The van der Waals surface area contributed by atoms with Gasteiger partial charge in [-0.2, -0.15) is 0 Å². The van der Waals surface area contributed by atoms with Crippen LogP contribution >= 0.6 is 0 Å². The summed E-state index contributed by atoms with van der Waals surface area (Å²) < 4.78 is 5.77. The number of rotatable bonds is 4. The largest absolute Gasteiger partial charge is 0.481 e. The second kappa shape index (κ2) is 6.47. The molecule has 0 saturated heterocycles. The van der Waals surface area contributed by atoms with Gasteiger partial charge in [0, 0.05) is 6.04 Å². The Morgan fingerprint density at radius 3 is 3.11 bits per heavy atom. The first-order chi connectivity index (χ1) is 8.86. The number of hydrogen-bond donors (Lipinski definition) is 1. The predicted molar refractivity (Wildman–Crippen MR) is 74.7 cm³/mol. The summed E-state index contributed by atoms with van der Waals surface area (Å²) in [6, 6.07) is 6.85. The van der Waals surface area contributed by atoms with E-state index in [0.717, 1.165) is 18.7 Å². The van der Waals surface area contributed by atoms with E-state index >= 15 is 0 Å². The van der Waals surface area contributed by atoms with Gasteiger partial charge in [-0.1, -0.05) is 25.0 Å². The van der Waals surface area contributed by atoms with Crippen LogP contribution in [0, 0.1) is 11.8 Å². The summed E-state index contributed by atoms with van der Waals surface area (Å²) in [4.78, 5) is 0. The van der Waals surface area contributed by atoms with Crippen molar-refractivity contribution >= 4 is 0 Å². The van der Waals surface area contributed by atoms with Crippen molar-refractivity contribution in [2.75, 3.05) is 13.2 Å². The molecule has 0 amide bonds. The van der Waals surface area contributed by atoms with Crippen molar-refractivity contribution in [1.29, 1.82) is 0 Å². The maximum absolute atomic E-state index is 5.77. The maximum atomic E-state index is 5.77. The lowest BCUT2D eigenvalue weighted by molar-refractivity contribution is 0.359. The standard InChI is InChI=1S/C16H21NO/c1-3-5-12-18-16-11-7-8-13-14(16)9-6-10-15(13)17-4-2/h7-8,11,15,17H,4,6,9-10,12H2,1-2H3. The van der Waals surface area contributed by atoms with Crippen molar-refractivity contribution in [2.24, 2.45) is 0 Å². The number of benzene rings is 1. The van der Waals surface area contributed by atoms with E-state index in [4.69, 9.17) is 4.74 Å². The molecule has 1 N–H and O–H groups in total. The molecule has 1 aliphatic carbocycles. The minimum Gasteiger partial charge on any atom is -0.481 e. The smallest absolute Gasteiger partial charge is 0.149 e. The van der Waals surface area contributed by atoms with Crippen LogP contribution in [-0.4, -0.2) is 13.2 Å². The molecule has 1 aliphatic rings. The minimum atomic E-state index is 0.485. The highest BCUT2D eigenvalue weighted by Crippen LogP contribution is 2.35. The highest BCUT2D eigenvalue weighted by molar-refractivity contribution is 5.43. The summed E-state index contributed by atoms with van der Waals surface area (Å²) in [6.45, 7) is 5.49. The SMILES string of the molecule is CC#CCOc1cccc2c1CCCC2NCC. The molecule has 2 heteroatoms. The Kier molecular flexibility index (Phi) is 4.66. The van der Waals surface area contributed by atoms with Crippen molar-refractivity contribution in [3.8, 4) is 17.6 Å². The Morgan fingerprint density at radius 2 is 2.33 bits per heavy atom. The molecule has 0 aromatic heterocycles. The van der Waals surface area contributed by atoms with Gasteiger partial charge in [-0.05, 0) is 49.9 Å². The first-order valence-corrected chi connectivity index (χ1v) is 6.74. The second-order valence-electron chi connectivity index (χ2n) is 4.54. The minimum absolute atomic E-state index is 0.485. The van der Waals surface area contributed by atoms with Crippen LogP contribution < -0.4 is 10.1 Å². The molecule has 1 unspecified atom stereocenters. The summed E-state index contributed by atoms with van der Waals surface area (Å²) in [5.74, 6) is 6.82. The van der Waals surface area contributed by atoms with Crippen LogP contribution in [-0.2, 0) is 6.42 Å². The number of ether oxygens (including phenoxy) is 1. The quantitative estimate of drug-likeness (QED) is 0.821. The van der Waals surface area contributed by atoms with E-state index < -0.39 is 0 Å². The van der Waals surface area contributed by atoms with E-state index in [1.54, 1.807) is 0 Å². The first kappa shape index (κ1) is 13.0. The zero-order chi connectivity index (χ0) is 12.8. The zero-order valence-electron chi connectivity index (χ0n) is 11.3. The molecule has 2 rings (SSSR count). The zero-order valence-corrected chi connectivity index (χ0v) is 11.3. The lowest BCUT2D eigenvalue weighted by Gasteiger charge is -2.27. The van der Waals surface area contributed by atoms with Crippen LogP contribution in [0.25, 0.3) is 0 Å². The van der Waals surface area contributed by atoms with Gasteiger partial charge in [0.05, 0.1) is 0 Å². The molecule has 0 heterocycles. The molecule has 0 radical (unpaired) electrons. The predicted octanol–water partition coefficient (Wildman–Crippen LogP) is 3.08. The summed E-state index contributed by atoms with van der Waals surface area (Å²) in [5, 5.41) is 3.55. The molecule has 1 atom stereocenters. The molecule has 0 fully saturated rings. The van der Waals surface area contributed by atoms with Gasteiger partial charge in [0.15, 0.2) is 0 Å². The van der Waals surface area contributed by atoms with Gasteiger partial charge in [0.25, 0.3) is 0 Å². The third kappa shape index (κ3) is 2.86. The lowest BCUT2D eigenvalue weighted by Crippen LogP contribution is -2.25. The Bertz CT molecular complexity index is 456. The number of nitrogens with one attached hydrogen (secondary N) is 1. The van der Waals surface area contributed by atoms with Crippen LogP contribution in [0.1, 0.15) is 43.9 Å². The Morgan fingerprint density at radius 1 is 1.44 bits per heavy atom. The fourth-order valence-corrected chi connectivity index (χ4v) is 2.59. The molecular formula is C16H21NO. The van der Waals surface area contributed by atoms with Gasteiger partial charge in [0.1, 0.15) is 12.4 Å². The summed E-state index contributed by atoms with van der Waals surface area (Å²) in [5.41, 5.74) is 2.78. The van der Waals surface area contributed by atoms with Crippen molar-refractivity contribution in [3.05, 3.63) is 29.3 Å². The van der Waals surface area contributed by atoms with Crippen LogP contribution in [0.2, 0.25) is 0 Å². The molecule has 1 aromatic rings. The Hall–Kier alpha value is -1.46. The van der Waals surface area contributed by atoms with Crippen LogP contribution in [0.5, 0.6) is 5.75 Å². The van der Waals surface area contributed by atoms with E-state index in [2.05, 4.69) is 42.3 Å². The molecule has 1 aromatic carbocycles. The van der Waals surface area contributed by atoms with Crippen molar-refractivity contribution < 1.29 is 4.74 Å². The molecule has 0 aliphatic heterocycles. The lowest BCUT2D eigenvalue weighted by atomic mass is 9.87. The summed E-state index contributed by atoms with van der Waals surface area (Å²) in [7, 11) is 0. The fourth-order valence-electron chi connectivity index (χ4n) is 2.59. The highest BCUT2D eigenvalue weighted by atomic mass is 16.5. The number of hydrogen-bond acceptors (Lipinski definition) is 2. The number of fused-ring (bicyclic) bond motifs is 1. The van der Waals surface area contributed by atoms with Gasteiger partial charge >= 0.3 is 0 Å². The molecular weight excluding hydrogens is 222 g/mol. The topological polar surface area (TPSA) is 21.3 Å². The van der Waals surface area contributed by atoms with Crippen LogP contribution in [0.3, 0.4) is 0 Å². The summed E-state index contributed by atoms with van der Waals surface area (Å²) >= 11 is 0. The first-order valence-electron chi connectivity index (χ1n) is 6.74. The molecule has 0 spiro atoms. The van der Waals surface area contributed by atoms with E-state index in [1.165, 1.54) is 24.0 Å². The average molecular weight is 243 g/mol. The third-order valence-electron chi connectivity index (χ3n) is 3.39. The van der Waals surface area contributed by atoms with Crippen molar-refractivity contribution in [1.82, 2.24) is 5.32 Å². The fraction of sp³-hybridized carbons (Fsp3) is 0.500. The van der Waals surface area contributed by atoms with Crippen molar-refractivity contribution in [2.45, 2.75) is 39.2 Å². The van der Waals surface area contributed by atoms with Gasteiger partial charge in [0.2, 0.25) is 0 Å². The Labute approximate surface area is 110 Å². The van der Waals surface area contributed by atoms with Gasteiger partial charge in [-0.15, -0.1) is 5.92 Å². The van der Waals surface area contributed by atoms with E-state index in [0.29, 0.717) is 12.6 Å². The average Bonchev–Trinajstić information content (AvgIpc) is 2.40. The maximum Gasteiger partial charge on any atom is 0.149 e. The van der Waals surface area contributed by atoms with E-state index in [1.807, 2.05) is 6.92 Å². The van der Waals surface area contributed by atoms with Crippen LogP contribution in [0.15, 0.2) is 18.2 Å². The van der Waals surface area contributed by atoms with Gasteiger partial charge < -0.3 is 10.1 Å². The van der Waals surface area contributed by atoms with Crippen LogP contribution in [0.4, 0.5) is 0 Å². The van der Waals surface area contributed by atoms with Gasteiger partial charge in [-0.3, -0.25) is 0 Å². The third-order valence-corrected chi connectivity index (χ3v) is 3.39.